The van der Waals surface area contributed by atoms with E-state index in [0.717, 1.165) is 36.1 Å². The molecule has 1 atom stereocenters. The fourth-order valence-electron chi connectivity index (χ4n) is 4.54. The highest BCUT2D eigenvalue weighted by atomic mass is 16.7. The van der Waals surface area contributed by atoms with Crippen molar-refractivity contribution < 1.29 is 14.4 Å². The number of benzene rings is 3. The summed E-state index contributed by atoms with van der Waals surface area (Å²) in [5.74, 6) is -0.727. The Balaban J connectivity index is 1.50. The minimum Gasteiger partial charge on any atom is -0.348 e. The van der Waals surface area contributed by atoms with Crippen LogP contribution in [0.15, 0.2) is 89.9 Å². The summed E-state index contributed by atoms with van der Waals surface area (Å²) in [5, 5.41) is 1.37. The lowest BCUT2D eigenvalue weighted by atomic mass is 10.00. The van der Waals surface area contributed by atoms with Crippen molar-refractivity contribution >= 4 is 23.3 Å². The van der Waals surface area contributed by atoms with Gasteiger partial charge in [0.2, 0.25) is 0 Å². The van der Waals surface area contributed by atoms with Gasteiger partial charge in [-0.2, -0.15) is 0 Å². The molecule has 2 aliphatic rings. The molecular formula is C27H26N4O3. The average molecular weight is 455 g/mol. The molecule has 3 aromatic carbocycles. The van der Waals surface area contributed by atoms with Crippen molar-refractivity contribution in [2.75, 3.05) is 18.1 Å². The number of nitrogens with one attached hydrogen (secondary N) is 1. The highest BCUT2D eigenvalue weighted by Gasteiger charge is 2.36. The van der Waals surface area contributed by atoms with E-state index in [1.807, 2.05) is 72.8 Å². The first-order chi connectivity index (χ1) is 16.7. The molecule has 0 aromatic heterocycles. The van der Waals surface area contributed by atoms with Gasteiger partial charge >= 0.3 is 5.97 Å². The third-order valence-corrected chi connectivity index (χ3v) is 6.16. The largest absolute Gasteiger partial charge is 0.348 e. The predicted octanol–water partition coefficient (Wildman–Crippen LogP) is 3.50. The Morgan fingerprint density at radius 3 is 2.47 bits per heavy atom. The van der Waals surface area contributed by atoms with Crippen molar-refractivity contribution in [3.8, 4) is 0 Å². The summed E-state index contributed by atoms with van der Waals surface area (Å²) in [6.07, 6.45) is 1.66. The minimum absolute atomic E-state index is 0.156. The Kier molecular flexibility index (Phi) is 6.46. The van der Waals surface area contributed by atoms with Crippen LogP contribution in [0.1, 0.15) is 29.5 Å². The van der Waals surface area contributed by atoms with Crippen LogP contribution in [0, 0.1) is 0 Å². The van der Waals surface area contributed by atoms with Gasteiger partial charge in [-0.1, -0.05) is 84.5 Å². The number of nitrogens with zero attached hydrogens (tertiary/aromatic N) is 3. The smallest absolute Gasteiger partial charge is 0.348 e. The van der Waals surface area contributed by atoms with E-state index in [0.29, 0.717) is 17.9 Å². The van der Waals surface area contributed by atoms with Crippen molar-refractivity contribution in [3.63, 3.8) is 0 Å². The molecule has 0 saturated carbocycles. The topological polar surface area (TPSA) is 74.2 Å². The molecule has 172 valence electrons. The highest BCUT2D eigenvalue weighted by molar-refractivity contribution is 6.18. The van der Waals surface area contributed by atoms with Gasteiger partial charge < -0.3 is 4.84 Å². The predicted molar refractivity (Wildman–Crippen MR) is 130 cm³/mol. The number of rotatable bonds is 4. The van der Waals surface area contributed by atoms with Crippen molar-refractivity contribution in [2.24, 2.45) is 4.99 Å². The Bertz CT molecular complexity index is 1200. The number of carbonyl (C=O) groups is 2. The molecule has 7 heteroatoms. The van der Waals surface area contributed by atoms with E-state index in [-0.39, 0.29) is 18.5 Å². The number of anilines is 1. The van der Waals surface area contributed by atoms with E-state index in [1.165, 1.54) is 5.01 Å². The molecule has 1 unspecified atom stereocenters. The molecule has 2 aliphatic heterocycles. The van der Waals surface area contributed by atoms with Gasteiger partial charge in [0.1, 0.15) is 6.54 Å². The molecule has 1 amide bonds. The van der Waals surface area contributed by atoms with Crippen LogP contribution in [0.5, 0.6) is 0 Å². The van der Waals surface area contributed by atoms with Crippen LogP contribution < -0.4 is 10.6 Å². The monoisotopic (exact) mass is 454 g/mol. The van der Waals surface area contributed by atoms with Crippen LogP contribution in [-0.4, -0.2) is 41.6 Å². The van der Waals surface area contributed by atoms with E-state index in [4.69, 9.17) is 4.84 Å². The summed E-state index contributed by atoms with van der Waals surface area (Å²) in [6, 6.07) is 27.0. The summed E-state index contributed by atoms with van der Waals surface area (Å²) < 4.78 is 0. The zero-order valence-electron chi connectivity index (χ0n) is 18.8. The number of likely N-dealkylation sites (tertiary alicyclic amines) is 1. The van der Waals surface area contributed by atoms with Gasteiger partial charge in [0.25, 0.3) is 5.91 Å². The van der Waals surface area contributed by atoms with Gasteiger partial charge in [-0.25, -0.2) is 9.80 Å². The Hall–Kier alpha value is -3.81. The Morgan fingerprint density at radius 2 is 1.68 bits per heavy atom. The van der Waals surface area contributed by atoms with E-state index >= 15 is 0 Å². The number of hydrazine groups is 1. The molecule has 1 N–H and O–H groups in total. The molecular weight excluding hydrogens is 428 g/mol. The zero-order valence-corrected chi connectivity index (χ0v) is 18.8. The average Bonchev–Trinajstić information content (AvgIpc) is 3.35. The zero-order chi connectivity index (χ0) is 23.3. The number of carbonyl (C=O) groups excluding carboxylic acids is 2. The first kappa shape index (κ1) is 22.0. The normalized spacial score (nSPS) is 18.8. The molecule has 5 rings (SSSR count). The molecule has 3 aromatic rings. The van der Waals surface area contributed by atoms with E-state index in [1.54, 1.807) is 0 Å². The quantitative estimate of drug-likeness (QED) is 0.653. The second-order valence-electron chi connectivity index (χ2n) is 8.40. The summed E-state index contributed by atoms with van der Waals surface area (Å²) >= 11 is 0. The third-order valence-electron chi connectivity index (χ3n) is 6.16. The van der Waals surface area contributed by atoms with Crippen LogP contribution in [0.2, 0.25) is 0 Å². The van der Waals surface area contributed by atoms with Gasteiger partial charge in [-0.15, -0.1) is 0 Å². The fourth-order valence-corrected chi connectivity index (χ4v) is 4.54. The third kappa shape index (κ3) is 4.62. The molecule has 7 nitrogen and oxygen atoms in total. The molecule has 0 bridgehead atoms. The van der Waals surface area contributed by atoms with Crippen LogP contribution >= 0.6 is 0 Å². The highest BCUT2D eigenvalue weighted by Crippen LogP contribution is 2.28. The number of amides is 1. The van der Waals surface area contributed by atoms with Crippen LogP contribution in [-0.2, 0) is 21.0 Å². The summed E-state index contributed by atoms with van der Waals surface area (Å²) in [6.45, 7) is 1.36. The van der Waals surface area contributed by atoms with Crippen LogP contribution in [0.4, 0.5) is 5.69 Å². The maximum absolute atomic E-state index is 13.9. The number of hydrogen-bond acceptors (Lipinski definition) is 6. The maximum Gasteiger partial charge on any atom is 0.348 e. The molecule has 34 heavy (non-hydrogen) atoms. The van der Waals surface area contributed by atoms with Crippen molar-refractivity contribution in [1.29, 1.82) is 0 Å². The molecule has 1 fully saturated rings. The molecule has 1 saturated heterocycles. The lowest BCUT2D eigenvalue weighted by molar-refractivity contribution is -0.151. The van der Waals surface area contributed by atoms with Crippen molar-refractivity contribution in [2.45, 2.75) is 25.4 Å². The fraction of sp³-hybridized carbons (Fsp3) is 0.222. The Morgan fingerprint density at radius 1 is 0.971 bits per heavy atom. The summed E-state index contributed by atoms with van der Waals surface area (Å²) in [7, 11) is 0. The van der Waals surface area contributed by atoms with Gasteiger partial charge in [0.05, 0.1) is 17.4 Å². The second-order valence-corrected chi connectivity index (χ2v) is 8.40. The molecule has 0 aliphatic carbocycles. The lowest BCUT2D eigenvalue weighted by Crippen LogP contribution is -2.52. The SMILES string of the molecule is O=C1CN=C(c2ccccc2)c2ccccc2N(C(=O)C2CCCN2Cc2ccccc2)NO1. The van der Waals surface area contributed by atoms with Crippen molar-refractivity contribution in [3.05, 3.63) is 102 Å². The van der Waals surface area contributed by atoms with Gasteiger partial charge in [0, 0.05) is 17.7 Å². The van der Waals surface area contributed by atoms with Crippen molar-refractivity contribution in [1.82, 2.24) is 10.5 Å². The number of hydrogen-bond donors (Lipinski definition) is 1. The molecule has 2 heterocycles. The lowest BCUT2D eigenvalue weighted by Gasteiger charge is -2.30. The van der Waals surface area contributed by atoms with E-state index in [9.17, 15) is 9.59 Å². The maximum atomic E-state index is 13.9. The number of aliphatic imine (C=N–C) groups is 1. The number of fused-ring (bicyclic) bond motifs is 1. The summed E-state index contributed by atoms with van der Waals surface area (Å²) in [5.41, 5.74) is 6.64. The Labute approximate surface area is 198 Å². The first-order valence-electron chi connectivity index (χ1n) is 11.5. The summed E-state index contributed by atoms with van der Waals surface area (Å²) in [4.78, 5) is 38.2. The standard InChI is InChI=1S/C27H26N4O3/c32-25-18-28-26(21-12-5-2-6-13-21)22-14-7-8-15-23(22)31(29-34-25)27(33)24-16-9-17-30(24)19-20-10-3-1-4-11-20/h1-8,10-15,24,29H,9,16-19H2. The van der Waals surface area contributed by atoms with Crippen LogP contribution in [0.3, 0.4) is 0 Å². The molecule has 0 radical (unpaired) electrons. The van der Waals surface area contributed by atoms with E-state index in [2.05, 4.69) is 27.6 Å². The van der Waals surface area contributed by atoms with Gasteiger partial charge in [0.15, 0.2) is 0 Å². The minimum atomic E-state index is -0.563. The number of para-hydroxylation sites is 1. The second kappa shape index (κ2) is 9.99. The molecule has 0 spiro atoms. The van der Waals surface area contributed by atoms with Crippen LogP contribution in [0.25, 0.3) is 0 Å². The van der Waals surface area contributed by atoms with Gasteiger partial charge in [-0.3, -0.25) is 14.7 Å². The first-order valence-corrected chi connectivity index (χ1v) is 11.5. The van der Waals surface area contributed by atoms with E-state index < -0.39 is 5.97 Å². The van der Waals surface area contributed by atoms with Gasteiger partial charge in [-0.05, 0) is 31.0 Å².